The predicted molar refractivity (Wildman–Crippen MR) is 114 cm³/mol. The van der Waals surface area contributed by atoms with Gasteiger partial charge in [0.15, 0.2) is 0 Å². The summed E-state index contributed by atoms with van der Waals surface area (Å²) in [5.74, 6) is -0.964. The number of para-hydroxylation sites is 1. The first-order valence-corrected chi connectivity index (χ1v) is 9.10. The van der Waals surface area contributed by atoms with Crippen molar-refractivity contribution in [2.24, 2.45) is 0 Å². The van der Waals surface area contributed by atoms with Crippen LogP contribution in [0.25, 0.3) is 22.3 Å². The van der Waals surface area contributed by atoms with Gasteiger partial charge in [0.2, 0.25) is 0 Å². The summed E-state index contributed by atoms with van der Waals surface area (Å²) in [6.45, 7) is 8.45. The maximum absolute atomic E-state index is 15.0. The molecule has 5 heteroatoms. The van der Waals surface area contributed by atoms with Gasteiger partial charge in [0.1, 0.15) is 17.3 Å². The topological polar surface area (TPSA) is 52.6 Å². The van der Waals surface area contributed by atoms with Crippen LogP contribution < -0.4 is 9.47 Å². The van der Waals surface area contributed by atoms with Crippen LogP contribution in [0.5, 0.6) is 11.5 Å². The molecule has 150 valence electrons. The van der Waals surface area contributed by atoms with Crippen molar-refractivity contribution in [1.29, 1.82) is 0 Å². The van der Waals surface area contributed by atoms with Crippen LogP contribution in [0.4, 0.5) is 4.39 Å². The molecule has 0 atom stereocenters. The first-order chi connectivity index (χ1) is 14.4. The van der Waals surface area contributed by atoms with Crippen LogP contribution in [0.2, 0.25) is 0 Å². The fourth-order valence-electron chi connectivity index (χ4n) is 2.75. The molecule has 4 nitrogen and oxygen atoms in total. The van der Waals surface area contributed by atoms with Crippen molar-refractivity contribution in [1.82, 2.24) is 0 Å². The van der Waals surface area contributed by atoms with E-state index in [1.807, 2.05) is 0 Å². The normalized spacial score (nSPS) is 10.2. The van der Waals surface area contributed by atoms with Gasteiger partial charge in [0, 0.05) is 22.8 Å². The summed E-state index contributed by atoms with van der Waals surface area (Å²) in [6, 6.07) is 18.2. The Bertz CT molecular complexity index is 1130. The molecule has 0 aliphatic heterocycles. The first-order valence-electron chi connectivity index (χ1n) is 9.10. The molecule has 3 aromatic carbocycles. The third kappa shape index (κ3) is 4.70. The number of hydrogen-bond donors (Lipinski definition) is 0. The van der Waals surface area contributed by atoms with E-state index in [4.69, 9.17) is 9.47 Å². The van der Waals surface area contributed by atoms with Crippen molar-refractivity contribution in [2.75, 3.05) is 0 Å². The Balaban J connectivity index is 1.90. The molecule has 0 aliphatic rings. The molecule has 0 saturated heterocycles. The summed E-state index contributed by atoms with van der Waals surface area (Å²) in [5, 5.41) is 0. The lowest BCUT2D eigenvalue weighted by Gasteiger charge is -2.12. The van der Waals surface area contributed by atoms with E-state index in [0.29, 0.717) is 22.4 Å². The van der Waals surface area contributed by atoms with Gasteiger partial charge in [0.05, 0.1) is 0 Å². The van der Waals surface area contributed by atoms with Gasteiger partial charge < -0.3 is 9.47 Å². The fraction of sp³-hybridized carbons (Fsp3) is 0.0400. The van der Waals surface area contributed by atoms with Gasteiger partial charge in [-0.2, -0.15) is 0 Å². The second kappa shape index (κ2) is 9.01. The lowest BCUT2D eigenvalue weighted by molar-refractivity contribution is -0.130. The molecule has 0 saturated carbocycles. The Morgan fingerprint density at radius 3 is 2.20 bits per heavy atom. The zero-order chi connectivity index (χ0) is 21.7. The van der Waals surface area contributed by atoms with Crippen LogP contribution in [0.1, 0.15) is 6.92 Å². The number of ether oxygens (including phenoxy) is 2. The molecule has 0 radical (unpaired) electrons. The summed E-state index contributed by atoms with van der Waals surface area (Å²) < 4.78 is 25.3. The number of benzene rings is 3. The third-order valence-corrected chi connectivity index (χ3v) is 4.27. The molecule has 0 aliphatic carbocycles. The minimum atomic E-state index is -0.572. The summed E-state index contributed by atoms with van der Waals surface area (Å²) in [6.07, 6.45) is 1.08. The fourth-order valence-corrected chi connectivity index (χ4v) is 2.75. The molecule has 3 rings (SSSR count). The Labute approximate surface area is 173 Å². The van der Waals surface area contributed by atoms with Crippen molar-refractivity contribution < 1.29 is 23.5 Å². The van der Waals surface area contributed by atoms with E-state index < -0.39 is 17.8 Å². The van der Waals surface area contributed by atoms with Crippen LogP contribution in [-0.4, -0.2) is 11.9 Å². The van der Waals surface area contributed by atoms with Crippen molar-refractivity contribution in [3.8, 4) is 33.8 Å². The highest BCUT2D eigenvalue weighted by Gasteiger charge is 2.15. The lowest BCUT2D eigenvalue weighted by atomic mass is 9.99. The highest BCUT2D eigenvalue weighted by molar-refractivity contribution is 5.90. The van der Waals surface area contributed by atoms with Gasteiger partial charge in [-0.1, -0.05) is 55.6 Å². The molecule has 30 heavy (non-hydrogen) atoms. The second-order valence-corrected chi connectivity index (χ2v) is 6.51. The van der Waals surface area contributed by atoms with Crippen molar-refractivity contribution in [2.45, 2.75) is 6.92 Å². The minimum Gasteiger partial charge on any atom is -0.423 e. The third-order valence-electron chi connectivity index (χ3n) is 4.27. The van der Waals surface area contributed by atoms with Crippen LogP contribution >= 0.6 is 0 Å². The van der Waals surface area contributed by atoms with E-state index in [2.05, 4.69) is 13.2 Å². The average Bonchev–Trinajstić information content (AvgIpc) is 2.74. The van der Waals surface area contributed by atoms with Gasteiger partial charge in [0.25, 0.3) is 0 Å². The highest BCUT2D eigenvalue weighted by atomic mass is 19.1. The van der Waals surface area contributed by atoms with Gasteiger partial charge >= 0.3 is 11.9 Å². The minimum absolute atomic E-state index is 0.253. The zero-order valence-electron chi connectivity index (χ0n) is 16.4. The van der Waals surface area contributed by atoms with Crippen LogP contribution in [0.15, 0.2) is 91.5 Å². The summed E-state index contributed by atoms with van der Waals surface area (Å²) in [5.41, 5.74) is 2.42. The van der Waals surface area contributed by atoms with E-state index in [0.717, 1.165) is 11.6 Å². The Morgan fingerprint density at radius 1 is 0.900 bits per heavy atom. The number of carbonyl (C=O) groups excluding carboxylic acids is 2. The molecule has 0 unspecified atom stereocenters. The Kier molecular flexibility index (Phi) is 6.23. The molecule has 0 aromatic heterocycles. The van der Waals surface area contributed by atoms with E-state index in [9.17, 15) is 14.0 Å². The quantitative estimate of drug-likeness (QED) is 0.300. The van der Waals surface area contributed by atoms with Gasteiger partial charge in [-0.15, -0.1) is 0 Å². The van der Waals surface area contributed by atoms with E-state index in [-0.39, 0.29) is 11.3 Å². The zero-order valence-corrected chi connectivity index (χ0v) is 16.4. The number of hydrogen-bond acceptors (Lipinski definition) is 4. The molecule has 0 spiro atoms. The lowest BCUT2D eigenvalue weighted by Crippen LogP contribution is -2.09. The summed E-state index contributed by atoms with van der Waals surface area (Å²) >= 11 is 0. The number of esters is 2. The molecular weight excluding hydrogens is 383 g/mol. The Hall–Kier alpha value is -3.99. The predicted octanol–water partition coefficient (Wildman–Crippen LogP) is 5.73. The maximum Gasteiger partial charge on any atom is 0.338 e. The Morgan fingerprint density at radius 2 is 1.57 bits per heavy atom. The molecule has 3 aromatic rings. The van der Waals surface area contributed by atoms with Gasteiger partial charge in [-0.05, 0) is 42.3 Å². The van der Waals surface area contributed by atoms with E-state index >= 15 is 0 Å². The number of carbonyl (C=O) groups is 2. The van der Waals surface area contributed by atoms with Gasteiger partial charge in [-0.3, -0.25) is 0 Å². The van der Waals surface area contributed by atoms with Crippen molar-refractivity contribution in [3.05, 3.63) is 97.4 Å². The average molecular weight is 402 g/mol. The standard InChI is InChI=1S/C25H19FO4/c1-4-24(27)29-19-12-9-17(10-13-19)18-11-14-20(22(26)15-18)21-7-5-6-8-23(21)30-25(28)16(2)3/h4-15H,1-2H2,3H3. The number of halogens is 1. The second-order valence-electron chi connectivity index (χ2n) is 6.51. The first kappa shape index (κ1) is 20.7. The monoisotopic (exact) mass is 402 g/mol. The van der Waals surface area contributed by atoms with Gasteiger partial charge in [-0.25, -0.2) is 14.0 Å². The highest BCUT2D eigenvalue weighted by Crippen LogP contribution is 2.34. The molecule has 0 fully saturated rings. The molecule has 0 bridgehead atoms. The maximum atomic E-state index is 15.0. The summed E-state index contributed by atoms with van der Waals surface area (Å²) in [4.78, 5) is 23.1. The summed E-state index contributed by atoms with van der Waals surface area (Å²) in [7, 11) is 0. The van der Waals surface area contributed by atoms with E-state index in [1.165, 1.54) is 6.07 Å². The molecular formula is C25H19FO4. The largest absolute Gasteiger partial charge is 0.423 e. The molecule has 0 heterocycles. The number of rotatable bonds is 6. The van der Waals surface area contributed by atoms with Crippen molar-refractivity contribution in [3.63, 3.8) is 0 Å². The smallest absolute Gasteiger partial charge is 0.338 e. The SMILES string of the molecule is C=CC(=O)Oc1ccc(-c2ccc(-c3ccccc3OC(=O)C(=C)C)c(F)c2)cc1. The molecule has 0 amide bonds. The van der Waals surface area contributed by atoms with Crippen LogP contribution in [0, 0.1) is 5.82 Å². The van der Waals surface area contributed by atoms with E-state index in [1.54, 1.807) is 67.6 Å². The molecule has 0 N–H and O–H groups in total. The van der Waals surface area contributed by atoms with Crippen LogP contribution in [-0.2, 0) is 9.59 Å². The van der Waals surface area contributed by atoms with Crippen LogP contribution in [0.3, 0.4) is 0 Å². The van der Waals surface area contributed by atoms with Crippen molar-refractivity contribution >= 4 is 11.9 Å².